The second-order valence-corrected chi connectivity index (χ2v) is 6.87. The molecule has 3 nitrogen and oxygen atoms in total. The molecule has 0 spiro atoms. The molecule has 1 aliphatic heterocycles. The first-order valence-electron chi connectivity index (χ1n) is 6.76. The highest BCUT2D eigenvalue weighted by molar-refractivity contribution is 5.81. The van der Waals surface area contributed by atoms with E-state index >= 15 is 0 Å². The maximum Gasteiger partial charge on any atom is 0.239 e. The van der Waals surface area contributed by atoms with Crippen LogP contribution in [0.2, 0.25) is 0 Å². The molecule has 1 fully saturated rings. The minimum absolute atomic E-state index is 0.144. The Labute approximate surface area is 106 Å². The number of nitrogens with two attached hydrogens (primary N) is 1. The van der Waals surface area contributed by atoms with Crippen LogP contribution in [0.25, 0.3) is 0 Å². The monoisotopic (exact) mass is 240 g/mol. The fraction of sp³-hybridized carbons (Fsp3) is 0.929. The molecular weight excluding hydrogens is 212 g/mol. The van der Waals surface area contributed by atoms with Gasteiger partial charge in [-0.25, -0.2) is 0 Å². The lowest BCUT2D eigenvalue weighted by molar-refractivity contribution is -0.132. The van der Waals surface area contributed by atoms with Gasteiger partial charge in [0.1, 0.15) is 0 Å². The number of carbonyl (C=O) groups excluding carboxylic acids is 1. The molecule has 0 aromatic heterocycles. The molecule has 0 aromatic carbocycles. The average Bonchev–Trinajstić information content (AvgIpc) is 2.63. The number of amides is 1. The Bertz CT molecular complexity index is 268. The van der Waals surface area contributed by atoms with Crippen LogP contribution in [0.3, 0.4) is 0 Å². The van der Waals surface area contributed by atoms with Crippen LogP contribution < -0.4 is 5.73 Å². The first kappa shape index (κ1) is 14.5. The van der Waals surface area contributed by atoms with Crippen molar-refractivity contribution < 1.29 is 4.79 Å². The van der Waals surface area contributed by atoms with Gasteiger partial charge in [0, 0.05) is 13.1 Å². The second-order valence-electron chi connectivity index (χ2n) is 6.87. The quantitative estimate of drug-likeness (QED) is 0.822. The van der Waals surface area contributed by atoms with E-state index in [2.05, 4.69) is 34.6 Å². The number of rotatable bonds is 3. The van der Waals surface area contributed by atoms with E-state index in [9.17, 15) is 4.79 Å². The van der Waals surface area contributed by atoms with E-state index in [0.717, 1.165) is 25.9 Å². The highest BCUT2D eigenvalue weighted by Crippen LogP contribution is 2.33. The number of hydrogen-bond acceptors (Lipinski definition) is 2. The van der Waals surface area contributed by atoms with Gasteiger partial charge in [-0.3, -0.25) is 4.79 Å². The molecule has 100 valence electrons. The van der Waals surface area contributed by atoms with Crippen molar-refractivity contribution in [2.75, 3.05) is 13.1 Å². The molecule has 2 N–H and O–H groups in total. The van der Waals surface area contributed by atoms with Gasteiger partial charge in [-0.2, -0.15) is 0 Å². The summed E-state index contributed by atoms with van der Waals surface area (Å²) in [4.78, 5) is 14.1. The van der Waals surface area contributed by atoms with Gasteiger partial charge in [-0.15, -0.1) is 0 Å². The van der Waals surface area contributed by atoms with E-state index in [0.29, 0.717) is 11.8 Å². The van der Waals surface area contributed by atoms with Crippen molar-refractivity contribution in [3.05, 3.63) is 0 Å². The highest BCUT2D eigenvalue weighted by Gasteiger charge is 2.35. The maximum atomic E-state index is 12.2. The second kappa shape index (κ2) is 5.38. The minimum atomic E-state index is -0.311. The normalized spacial score (nSPS) is 23.2. The summed E-state index contributed by atoms with van der Waals surface area (Å²) in [6.07, 6.45) is 1.90. The lowest BCUT2D eigenvalue weighted by Crippen LogP contribution is -2.43. The van der Waals surface area contributed by atoms with Crippen molar-refractivity contribution in [1.29, 1.82) is 0 Å². The fourth-order valence-corrected chi connectivity index (χ4v) is 2.51. The zero-order chi connectivity index (χ0) is 13.2. The first-order valence-corrected chi connectivity index (χ1v) is 6.76. The molecule has 1 aliphatic rings. The van der Waals surface area contributed by atoms with Crippen molar-refractivity contribution in [2.24, 2.45) is 23.0 Å². The molecule has 3 heteroatoms. The highest BCUT2D eigenvalue weighted by atomic mass is 16.2. The van der Waals surface area contributed by atoms with Crippen molar-refractivity contribution >= 4 is 5.91 Å². The van der Waals surface area contributed by atoms with E-state index in [4.69, 9.17) is 5.73 Å². The summed E-state index contributed by atoms with van der Waals surface area (Å²) in [6.45, 7) is 12.7. The van der Waals surface area contributed by atoms with Gasteiger partial charge in [0.25, 0.3) is 0 Å². The van der Waals surface area contributed by atoms with Crippen LogP contribution in [0.1, 0.15) is 47.5 Å². The Hall–Kier alpha value is -0.570. The predicted octanol–water partition coefficient (Wildman–Crippen LogP) is 2.25. The van der Waals surface area contributed by atoms with Crippen LogP contribution in [0.4, 0.5) is 0 Å². The molecule has 0 aliphatic carbocycles. The van der Waals surface area contributed by atoms with Crippen molar-refractivity contribution in [3.63, 3.8) is 0 Å². The predicted molar refractivity (Wildman–Crippen MR) is 71.6 cm³/mol. The smallest absolute Gasteiger partial charge is 0.239 e. The Kier molecular flexibility index (Phi) is 4.59. The summed E-state index contributed by atoms with van der Waals surface area (Å²) in [5.74, 6) is 1.23. The van der Waals surface area contributed by atoms with Crippen molar-refractivity contribution in [1.82, 2.24) is 4.90 Å². The Balaban J connectivity index is 2.51. The van der Waals surface area contributed by atoms with Gasteiger partial charge in [0.2, 0.25) is 5.91 Å². The SMILES string of the molecule is CC(C)C[C@@H](N)C(=O)N1CCC(C(C)(C)C)C1. The molecule has 0 saturated carbocycles. The number of hydrogen-bond donors (Lipinski definition) is 1. The molecule has 2 atom stereocenters. The van der Waals surface area contributed by atoms with Crippen LogP contribution in [-0.2, 0) is 4.79 Å². The molecule has 0 bridgehead atoms. The van der Waals surface area contributed by atoms with Gasteiger partial charge in [0.05, 0.1) is 6.04 Å². The van der Waals surface area contributed by atoms with Crippen LogP contribution in [0, 0.1) is 17.3 Å². The van der Waals surface area contributed by atoms with E-state index in [1.807, 2.05) is 4.90 Å². The summed E-state index contributed by atoms with van der Waals surface area (Å²) in [5.41, 5.74) is 6.25. The van der Waals surface area contributed by atoms with Gasteiger partial charge in [-0.1, -0.05) is 34.6 Å². The Morgan fingerprint density at radius 3 is 2.41 bits per heavy atom. The zero-order valence-corrected chi connectivity index (χ0v) is 12.0. The number of nitrogens with zero attached hydrogens (tertiary/aromatic N) is 1. The average molecular weight is 240 g/mol. The molecule has 1 amide bonds. The summed E-state index contributed by atoms with van der Waals surface area (Å²) in [7, 11) is 0. The van der Waals surface area contributed by atoms with Gasteiger partial charge in [-0.05, 0) is 30.1 Å². The maximum absolute atomic E-state index is 12.2. The molecule has 17 heavy (non-hydrogen) atoms. The summed E-state index contributed by atoms with van der Waals surface area (Å²) in [5, 5.41) is 0. The van der Waals surface area contributed by atoms with Gasteiger partial charge >= 0.3 is 0 Å². The van der Waals surface area contributed by atoms with Gasteiger partial charge < -0.3 is 10.6 Å². The molecular formula is C14H28N2O. The van der Waals surface area contributed by atoms with Crippen molar-refractivity contribution in [2.45, 2.75) is 53.5 Å². The summed E-state index contributed by atoms with van der Waals surface area (Å²) >= 11 is 0. The Morgan fingerprint density at radius 1 is 1.41 bits per heavy atom. The minimum Gasteiger partial charge on any atom is -0.341 e. The van der Waals surface area contributed by atoms with Crippen LogP contribution in [0.5, 0.6) is 0 Å². The zero-order valence-electron chi connectivity index (χ0n) is 12.0. The first-order chi connectivity index (χ1) is 7.71. The van der Waals surface area contributed by atoms with Crippen LogP contribution in [-0.4, -0.2) is 29.9 Å². The topological polar surface area (TPSA) is 46.3 Å². The van der Waals surface area contributed by atoms with E-state index < -0.39 is 0 Å². The number of carbonyl (C=O) groups is 1. The summed E-state index contributed by atoms with van der Waals surface area (Å²) < 4.78 is 0. The largest absolute Gasteiger partial charge is 0.341 e. The number of likely N-dealkylation sites (tertiary alicyclic amines) is 1. The van der Waals surface area contributed by atoms with Crippen LogP contribution >= 0.6 is 0 Å². The summed E-state index contributed by atoms with van der Waals surface area (Å²) in [6, 6.07) is -0.311. The fourth-order valence-electron chi connectivity index (χ4n) is 2.51. The van der Waals surface area contributed by atoms with E-state index in [-0.39, 0.29) is 17.4 Å². The van der Waals surface area contributed by atoms with E-state index in [1.165, 1.54) is 0 Å². The molecule has 0 radical (unpaired) electrons. The third-order valence-electron chi connectivity index (χ3n) is 3.77. The molecule has 1 saturated heterocycles. The third kappa shape index (κ3) is 3.98. The van der Waals surface area contributed by atoms with Gasteiger partial charge in [0.15, 0.2) is 0 Å². The van der Waals surface area contributed by atoms with Crippen molar-refractivity contribution in [3.8, 4) is 0 Å². The van der Waals surface area contributed by atoms with Crippen LogP contribution in [0.15, 0.2) is 0 Å². The molecule has 0 aromatic rings. The lowest BCUT2D eigenvalue weighted by Gasteiger charge is -2.28. The molecule has 1 unspecified atom stereocenters. The lowest BCUT2D eigenvalue weighted by atomic mass is 9.80. The Morgan fingerprint density at radius 2 is 2.00 bits per heavy atom. The standard InChI is InChI=1S/C14H28N2O/c1-10(2)8-12(15)13(17)16-7-6-11(9-16)14(3,4)5/h10-12H,6-9,15H2,1-5H3/t11?,12-/m1/s1. The molecule has 1 rings (SSSR count). The molecule has 1 heterocycles. The van der Waals surface area contributed by atoms with E-state index in [1.54, 1.807) is 0 Å². The third-order valence-corrected chi connectivity index (χ3v) is 3.77.